The van der Waals surface area contributed by atoms with Crippen molar-refractivity contribution in [1.82, 2.24) is 14.9 Å². The third-order valence-electron chi connectivity index (χ3n) is 4.30. The maximum absolute atomic E-state index is 13.0. The van der Waals surface area contributed by atoms with E-state index in [0.717, 1.165) is 19.1 Å². The molecule has 7 nitrogen and oxygen atoms in total. The fourth-order valence-electron chi connectivity index (χ4n) is 3.04. The number of benzene rings is 1. The van der Waals surface area contributed by atoms with Gasteiger partial charge in [0.15, 0.2) is 9.84 Å². The van der Waals surface area contributed by atoms with Crippen molar-refractivity contribution in [1.29, 1.82) is 0 Å². The molecule has 0 bridgehead atoms. The van der Waals surface area contributed by atoms with E-state index in [1.165, 1.54) is 36.8 Å². The highest BCUT2D eigenvalue weighted by Gasteiger charge is 2.29. The lowest BCUT2D eigenvalue weighted by atomic mass is 9.94. The Labute approximate surface area is 151 Å². The Morgan fingerprint density at radius 2 is 2.04 bits per heavy atom. The number of piperidine rings is 1. The second kappa shape index (κ2) is 7.36. The molecule has 3 rings (SSSR count). The molecule has 1 fully saturated rings. The Balaban J connectivity index is 1.76. The number of likely N-dealkylation sites (tertiary alicyclic amines) is 1. The molecule has 0 saturated carbocycles. The first-order valence-corrected chi connectivity index (χ1v) is 10.0. The second-order valence-electron chi connectivity index (χ2n) is 6.27. The number of carbonyl (C=O) groups is 1. The molecular formula is C17H19FN4O3S. The Hall–Kier alpha value is -2.55. The first kappa shape index (κ1) is 18.2. The molecule has 2 aromatic rings. The highest BCUT2D eigenvalue weighted by molar-refractivity contribution is 7.90. The molecule has 0 radical (unpaired) electrons. The van der Waals surface area contributed by atoms with E-state index in [2.05, 4.69) is 15.3 Å². The van der Waals surface area contributed by atoms with Crippen molar-refractivity contribution in [2.24, 2.45) is 0 Å². The standard InChI is InChI=1S/C17H19FN4O3S/c1-26(24,25)15-9-19-11-20-16(15)12-3-2-8-22(10-12)17(23)21-14-6-4-13(18)5-7-14/h4-7,9,11-12H,2-3,8,10H2,1H3,(H,21,23)/t12-/m1/s1. The van der Waals surface area contributed by atoms with Gasteiger partial charge < -0.3 is 10.2 Å². The number of anilines is 1. The Morgan fingerprint density at radius 1 is 1.31 bits per heavy atom. The number of carbonyl (C=O) groups excluding carboxylic acids is 1. The molecule has 1 aliphatic rings. The van der Waals surface area contributed by atoms with Crippen molar-refractivity contribution < 1.29 is 17.6 Å². The van der Waals surface area contributed by atoms with E-state index in [-0.39, 0.29) is 22.7 Å². The molecule has 1 aromatic heterocycles. The minimum Gasteiger partial charge on any atom is -0.324 e. The van der Waals surface area contributed by atoms with Crippen LogP contribution in [0.25, 0.3) is 0 Å². The summed E-state index contributed by atoms with van der Waals surface area (Å²) in [5.74, 6) is -0.562. The smallest absolute Gasteiger partial charge is 0.321 e. The summed E-state index contributed by atoms with van der Waals surface area (Å²) in [6.07, 6.45) is 5.21. The molecule has 1 aliphatic heterocycles. The Bertz CT molecular complexity index is 902. The van der Waals surface area contributed by atoms with Crippen LogP contribution in [0, 0.1) is 5.82 Å². The topological polar surface area (TPSA) is 92.3 Å². The molecule has 1 aromatic carbocycles. The number of halogens is 1. The zero-order chi connectivity index (χ0) is 18.7. The van der Waals surface area contributed by atoms with Gasteiger partial charge in [-0.25, -0.2) is 27.6 Å². The van der Waals surface area contributed by atoms with Crippen molar-refractivity contribution in [3.63, 3.8) is 0 Å². The van der Waals surface area contributed by atoms with Gasteiger partial charge in [0.25, 0.3) is 0 Å². The summed E-state index contributed by atoms with van der Waals surface area (Å²) in [6, 6.07) is 5.21. The van der Waals surface area contributed by atoms with Gasteiger partial charge in [-0.3, -0.25) is 0 Å². The summed E-state index contributed by atoms with van der Waals surface area (Å²) < 4.78 is 36.9. The first-order valence-electron chi connectivity index (χ1n) is 8.16. The van der Waals surface area contributed by atoms with Crippen molar-refractivity contribution in [2.45, 2.75) is 23.7 Å². The number of aromatic nitrogens is 2. The predicted molar refractivity (Wildman–Crippen MR) is 94.1 cm³/mol. The average molecular weight is 378 g/mol. The first-order chi connectivity index (χ1) is 12.3. The number of nitrogens with zero attached hydrogens (tertiary/aromatic N) is 3. The van der Waals surface area contributed by atoms with Gasteiger partial charge in [0.05, 0.1) is 5.69 Å². The third kappa shape index (κ3) is 4.16. The van der Waals surface area contributed by atoms with Crippen LogP contribution in [0.3, 0.4) is 0 Å². The van der Waals surface area contributed by atoms with Gasteiger partial charge in [-0.2, -0.15) is 0 Å². The molecule has 26 heavy (non-hydrogen) atoms. The minimum atomic E-state index is -3.45. The number of rotatable bonds is 3. The maximum Gasteiger partial charge on any atom is 0.321 e. The number of hydrogen-bond acceptors (Lipinski definition) is 5. The van der Waals surface area contributed by atoms with E-state index < -0.39 is 9.84 Å². The highest BCUT2D eigenvalue weighted by Crippen LogP contribution is 2.29. The highest BCUT2D eigenvalue weighted by atomic mass is 32.2. The van der Waals surface area contributed by atoms with Crippen molar-refractivity contribution >= 4 is 21.6 Å². The van der Waals surface area contributed by atoms with Crippen LogP contribution in [0.1, 0.15) is 24.5 Å². The quantitative estimate of drug-likeness (QED) is 0.886. The molecule has 0 spiro atoms. The number of amides is 2. The largest absolute Gasteiger partial charge is 0.324 e. The van der Waals surface area contributed by atoms with Crippen LogP contribution in [0.5, 0.6) is 0 Å². The Morgan fingerprint density at radius 3 is 2.73 bits per heavy atom. The van der Waals surface area contributed by atoms with E-state index in [4.69, 9.17) is 0 Å². The third-order valence-corrected chi connectivity index (χ3v) is 5.41. The minimum absolute atomic E-state index is 0.103. The number of nitrogens with one attached hydrogen (secondary N) is 1. The summed E-state index contributed by atoms with van der Waals surface area (Å²) in [5, 5.41) is 2.73. The zero-order valence-corrected chi connectivity index (χ0v) is 15.0. The molecule has 0 aliphatic carbocycles. The molecule has 2 amide bonds. The molecular weight excluding hydrogens is 359 g/mol. The molecule has 2 heterocycles. The SMILES string of the molecule is CS(=O)(=O)c1cncnc1[C@@H]1CCCN(C(=O)Nc2ccc(F)cc2)C1. The van der Waals surface area contributed by atoms with Crippen molar-refractivity contribution in [3.05, 3.63) is 48.3 Å². The fraction of sp³-hybridized carbons (Fsp3) is 0.353. The van der Waals surface area contributed by atoms with Crippen LogP contribution in [0.2, 0.25) is 0 Å². The maximum atomic E-state index is 13.0. The van der Waals surface area contributed by atoms with Crippen LogP contribution >= 0.6 is 0 Å². The van der Waals surface area contributed by atoms with Crippen LogP contribution in [0.15, 0.2) is 41.7 Å². The number of urea groups is 1. The van der Waals surface area contributed by atoms with E-state index in [9.17, 15) is 17.6 Å². The van der Waals surface area contributed by atoms with E-state index in [0.29, 0.717) is 24.5 Å². The van der Waals surface area contributed by atoms with Gasteiger partial charge in [0.1, 0.15) is 17.0 Å². The van der Waals surface area contributed by atoms with E-state index in [1.807, 2.05) is 0 Å². The van der Waals surface area contributed by atoms with Crippen molar-refractivity contribution in [3.8, 4) is 0 Å². The summed E-state index contributed by atoms with van der Waals surface area (Å²) in [6.45, 7) is 0.912. The summed E-state index contributed by atoms with van der Waals surface area (Å²) in [7, 11) is -3.45. The van der Waals surface area contributed by atoms with Crippen LogP contribution in [0.4, 0.5) is 14.9 Å². The second-order valence-corrected chi connectivity index (χ2v) is 8.25. The van der Waals surface area contributed by atoms with Crippen LogP contribution in [-0.2, 0) is 9.84 Å². The molecule has 138 valence electrons. The number of hydrogen-bond donors (Lipinski definition) is 1. The van der Waals surface area contributed by atoms with Crippen molar-refractivity contribution in [2.75, 3.05) is 24.7 Å². The lowest BCUT2D eigenvalue weighted by molar-refractivity contribution is 0.191. The van der Waals surface area contributed by atoms with Crippen LogP contribution < -0.4 is 5.32 Å². The van der Waals surface area contributed by atoms with Gasteiger partial charge in [-0.15, -0.1) is 0 Å². The molecule has 0 unspecified atom stereocenters. The predicted octanol–water partition coefficient (Wildman–Crippen LogP) is 2.43. The summed E-state index contributed by atoms with van der Waals surface area (Å²) in [4.78, 5) is 22.2. The number of sulfone groups is 1. The molecule has 1 N–H and O–H groups in total. The molecule has 9 heteroatoms. The Kier molecular flexibility index (Phi) is 5.17. The van der Waals surface area contributed by atoms with E-state index >= 15 is 0 Å². The lowest BCUT2D eigenvalue weighted by Gasteiger charge is -2.33. The summed E-state index contributed by atoms with van der Waals surface area (Å²) in [5.41, 5.74) is 0.944. The normalized spacial score (nSPS) is 17.8. The summed E-state index contributed by atoms with van der Waals surface area (Å²) >= 11 is 0. The van der Waals surface area contributed by atoms with Gasteiger partial charge in [0, 0.05) is 37.1 Å². The monoisotopic (exact) mass is 378 g/mol. The molecule has 1 atom stereocenters. The average Bonchev–Trinajstić information content (AvgIpc) is 2.63. The van der Waals surface area contributed by atoms with Gasteiger partial charge >= 0.3 is 6.03 Å². The van der Waals surface area contributed by atoms with Crippen LogP contribution in [-0.4, -0.2) is 48.7 Å². The van der Waals surface area contributed by atoms with Gasteiger partial charge in [-0.1, -0.05) is 0 Å². The van der Waals surface area contributed by atoms with Gasteiger partial charge in [-0.05, 0) is 37.1 Å². The molecule has 1 saturated heterocycles. The van der Waals surface area contributed by atoms with E-state index in [1.54, 1.807) is 4.90 Å². The van der Waals surface area contributed by atoms with Gasteiger partial charge in [0.2, 0.25) is 0 Å². The fourth-order valence-corrected chi connectivity index (χ4v) is 3.89. The zero-order valence-electron chi connectivity index (χ0n) is 14.2. The lowest BCUT2D eigenvalue weighted by Crippen LogP contribution is -2.42.